The maximum absolute atomic E-state index is 10.6. The second-order valence-electron chi connectivity index (χ2n) is 2.46. The molecule has 0 amide bonds. The quantitative estimate of drug-likeness (QED) is 0.387. The summed E-state index contributed by atoms with van der Waals surface area (Å²) in [7, 11) is -10.0. The van der Waals surface area contributed by atoms with Gasteiger partial charge in [0.2, 0.25) is 0 Å². The van der Waals surface area contributed by atoms with Crippen molar-refractivity contribution in [1.82, 2.24) is 0 Å². The first-order valence-electron chi connectivity index (χ1n) is 2.78. The summed E-state index contributed by atoms with van der Waals surface area (Å²) in [6.07, 6.45) is 0. The lowest BCUT2D eigenvalue weighted by molar-refractivity contribution is 0.230. The molecule has 0 saturated carbocycles. The van der Waals surface area contributed by atoms with E-state index < -0.39 is 26.7 Å². The van der Waals surface area contributed by atoms with Crippen molar-refractivity contribution >= 4 is 15.2 Å². The molecule has 0 aromatic heterocycles. The zero-order valence-electron chi connectivity index (χ0n) is 6.15. The summed E-state index contributed by atoms with van der Waals surface area (Å²) in [6.45, 7) is -0.643. The summed E-state index contributed by atoms with van der Waals surface area (Å²) in [5.41, 5.74) is 0. The summed E-state index contributed by atoms with van der Waals surface area (Å²) in [4.78, 5) is 31.4. The highest BCUT2D eigenvalue weighted by Crippen LogP contribution is 2.68. The molecule has 0 aromatic rings. The van der Waals surface area contributed by atoms with Gasteiger partial charge < -0.3 is 24.7 Å². The summed E-state index contributed by atoms with van der Waals surface area (Å²) in [5.74, 6) is 0. The third-order valence-electron chi connectivity index (χ3n) is 1.55. The van der Waals surface area contributed by atoms with E-state index in [1.165, 1.54) is 0 Å². The molecule has 0 bridgehead atoms. The minimum absolute atomic E-state index is 0.633. The summed E-state index contributed by atoms with van der Waals surface area (Å²) < 4.78 is 21.1. The molecule has 0 spiro atoms. The van der Waals surface area contributed by atoms with Gasteiger partial charge in [-0.3, -0.25) is 9.13 Å². The van der Waals surface area contributed by atoms with Crippen molar-refractivity contribution in [2.75, 3.05) is 6.61 Å². The van der Waals surface area contributed by atoms with Gasteiger partial charge in [-0.15, -0.1) is 0 Å². The molecule has 7 nitrogen and oxygen atoms in total. The molecule has 0 unspecified atom stereocenters. The van der Waals surface area contributed by atoms with E-state index in [0.717, 1.165) is 0 Å². The van der Waals surface area contributed by atoms with Gasteiger partial charge in [-0.05, 0) is 6.92 Å². The molecule has 12 heavy (non-hydrogen) atoms. The first-order valence-corrected chi connectivity index (χ1v) is 6.01. The molecule has 0 fully saturated rings. The first-order chi connectivity index (χ1) is 5.06. The fourth-order valence-corrected chi connectivity index (χ4v) is 2.08. The van der Waals surface area contributed by atoms with Crippen molar-refractivity contribution in [2.45, 2.75) is 11.8 Å². The number of aliphatic hydroxyl groups is 1. The fourth-order valence-electron chi connectivity index (χ4n) is 0.354. The highest BCUT2D eigenvalue weighted by molar-refractivity contribution is 7.72. The van der Waals surface area contributed by atoms with Gasteiger partial charge in [-0.25, -0.2) is 0 Å². The zero-order chi connectivity index (χ0) is 10.2. The molecular weight excluding hydrogens is 210 g/mol. The largest absolute Gasteiger partial charge is 0.394 e. The highest BCUT2D eigenvalue weighted by Gasteiger charge is 2.56. The van der Waals surface area contributed by atoms with E-state index in [4.69, 9.17) is 24.7 Å². The smallest absolute Gasteiger partial charge is 0.345 e. The van der Waals surface area contributed by atoms with Gasteiger partial charge in [0.25, 0.3) is 0 Å². The monoisotopic (exact) mass is 220 g/mol. The Labute approximate surface area is 68.4 Å². The molecule has 0 atom stereocenters. The van der Waals surface area contributed by atoms with Gasteiger partial charge in [-0.1, -0.05) is 0 Å². The van der Waals surface area contributed by atoms with Crippen molar-refractivity contribution in [3.63, 3.8) is 0 Å². The van der Waals surface area contributed by atoms with Crippen LogP contribution in [0, 0.1) is 0 Å². The molecule has 0 saturated heterocycles. The Morgan fingerprint density at radius 1 is 1.08 bits per heavy atom. The van der Waals surface area contributed by atoms with Crippen molar-refractivity contribution in [1.29, 1.82) is 0 Å². The molecule has 0 radical (unpaired) electrons. The lowest BCUT2D eigenvalue weighted by Crippen LogP contribution is -2.29. The maximum Gasteiger partial charge on any atom is 0.345 e. The van der Waals surface area contributed by atoms with Crippen molar-refractivity contribution in [3.05, 3.63) is 0 Å². The van der Waals surface area contributed by atoms with Crippen LogP contribution in [-0.4, -0.2) is 36.2 Å². The summed E-state index contributed by atoms with van der Waals surface area (Å²) in [6, 6.07) is 0. The summed E-state index contributed by atoms with van der Waals surface area (Å²) in [5, 5.41) is 8.47. The fraction of sp³-hybridized carbons (Fsp3) is 1.00. The number of hydrogen-bond acceptors (Lipinski definition) is 3. The first kappa shape index (κ1) is 12.3. The molecule has 0 aliphatic rings. The molecule has 0 heterocycles. The Kier molecular flexibility index (Phi) is 3.26. The van der Waals surface area contributed by atoms with Crippen molar-refractivity contribution < 1.29 is 33.8 Å². The van der Waals surface area contributed by atoms with E-state index in [1.54, 1.807) is 0 Å². The molecule has 0 aliphatic heterocycles. The second-order valence-corrected chi connectivity index (χ2v) is 6.97. The standard InChI is InChI=1S/C3H10O7P2/c1-3(2-4,11(5,6)7)12(8,9)10/h4H,2H2,1H3,(H2,5,6,7)(H2,8,9,10). The lowest BCUT2D eigenvalue weighted by atomic mass is 10.5. The Morgan fingerprint density at radius 2 is 1.33 bits per heavy atom. The van der Waals surface area contributed by atoms with E-state index in [0.29, 0.717) is 6.92 Å². The van der Waals surface area contributed by atoms with Crippen LogP contribution in [0.3, 0.4) is 0 Å². The SMILES string of the molecule is CC(CO)(P(=O)(O)O)P(=O)(O)O. The van der Waals surface area contributed by atoms with Crippen LogP contribution in [0.5, 0.6) is 0 Å². The number of hydrogen-bond donors (Lipinski definition) is 5. The topological polar surface area (TPSA) is 135 Å². The van der Waals surface area contributed by atoms with Crippen LogP contribution in [0.25, 0.3) is 0 Å². The highest BCUT2D eigenvalue weighted by atomic mass is 31.2. The van der Waals surface area contributed by atoms with Crippen LogP contribution < -0.4 is 0 Å². The maximum atomic E-state index is 10.6. The van der Waals surface area contributed by atoms with Crippen LogP contribution in [0.4, 0.5) is 0 Å². The van der Waals surface area contributed by atoms with Crippen LogP contribution in [0.2, 0.25) is 0 Å². The van der Waals surface area contributed by atoms with Gasteiger partial charge in [0, 0.05) is 0 Å². The van der Waals surface area contributed by atoms with E-state index in [1.807, 2.05) is 0 Å². The average Bonchev–Trinajstić information content (AvgIpc) is 1.81. The Morgan fingerprint density at radius 3 is 1.33 bits per heavy atom. The predicted octanol–water partition coefficient (Wildman–Crippen LogP) is -0.950. The van der Waals surface area contributed by atoms with E-state index >= 15 is 0 Å². The molecule has 5 N–H and O–H groups in total. The van der Waals surface area contributed by atoms with Gasteiger partial charge in [-0.2, -0.15) is 0 Å². The molecule has 0 rings (SSSR count). The minimum Gasteiger partial charge on any atom is -0.394 e. The Hall–Kier alpha value is 0.260. The van der Waals surface area contributed by atoms with Crippen LogP contribution in [0.15, 0.2) is 0 Å². The van der Waals surface area contributed by atoms with Crippen molar-refractivity contribution in [2.24, 2.45) is 0 Å². The molecule has 9 heteroatoms. The zero-order valence-corrected chi connectivity index (χ0v) is 7.94. The number of rotatable bonds is 3. The van der Waals surface area contributed by atoms with Gasteiger partial charge >= 0.3 is 15.2 Å². The molecule has 0 aromatic carbocycles. The average molecular weight is 220 g/mol. The summed E-state index contributed by atoms with van der Waals surface area (Å²) >= 11 is 0. The molecule has 0 aliphatic carbocycles. The third-order valence-corrected chi connectivity index (χ3v) is 5.91. The molecular formula is C3H10O7P2. The van der Waals surface area contributed by atoms with Crippen LogP contribution in [0.1, 0.15) is 6.92 Å². The van der Waals surface area contributed by atoms with E-state index in [-0.39, 0.29) is 0 Å². The molecule has 74 valence electrons. The Balaban J connectivity index is 5.25. The normalized spacial score (nSPS) is 14.8. The van der Waals surface area contributed by atoms with E-state index in [9.17, 15) is 9.13 Å². The number of aliphatic hydroxyl groups excluding tert-OH is 1. The lowest BCUT2D eigenvalue weighted by Gasteiger charge is -2.28. The van der Waals surface area contributed by atoms with Crippen LogP contribution >= 0.6 is 15.2 Å². The van der Waals surface area contributed by atoms with Gasteiger partial charge in [0.05, 0.1) is 6.61 Å². The predicted molar refractivity (Wildman–Crippen MR) is 39.6 cm³/mol. The van der Waals surface area contributed by atoms with Gasteiger partial charge in [0.1, 0.15) is 0 Å². The Bertz CT molecular complexity index is 225. The van der Waals surface area contributed by atoms with Crippen LogP contribution in [-0.2, 0) is 9.13 Å². The van der Waals surface area contributed by atoms with Crippen molar-refractivity contribution in [3.8, 4) is 0 Å². The van der Waals surface area contributed by atoms with E-state index in [2.05, 4.69) is 0 Å². The second kappa shape index (κ2) is 3.20. The third kappa shape index (κ3) is 1.95. The minimum atomic E-state index is -5.02. The van der Waals surface area contributed by atoms with Gasteiger partial charge in [0.15, 0.2) is 4.90 Å².